The number of rotatable bonds is 2. The molecule has 0 bridgehead atoms. The van der Waals surface area contributed by atoms with E-state index in [4.69, 9.17) is 0 Å². The molecule has 2 heterocycles. The second-order valence-electron chi connectivity index (χ2n) is 4.22. The molecule has 0 saturated carbocycles. The first-order valence-corrected chi connectivity index (χ1v) is 5.82. The van der Waals surface area contributed by atoms with Crippen molar-refractivity contribution in [2.24, 2.45) is 7.05 Å². The third-order valence-corrected chi connectivity index (χ3v) is 2.80. The quantitative estimate of drug-likeness (QED) is 0.709. The van der Waals surface area contributed by atoms with Gasteiger partial charge in [0.1, 0.15) is 11.9 Å². The van der Waals surface area contributed by atoms with E-state index in [1.165, 1.54) is 0 Å². The van der Waals surface area contributed by atoms with Gasteiger partial charge in [-0.2, -0.15) is 10.4 Å². The van der Waals surface area contributed by atoms with Crippen LogP contribution in [0.5, 0.6) is 0 Å². The highest BCUT2D eigenvalue weighted by atomic mass is 15.2. The van der Waals surface area contributed by atoms with Gasteiger partial charge >= 0.3 is 0 Å². The number of imidazole rings is 1. The van der Waals surface area contributed by atoms with Crippen LogP contribution in [-0.2, 0) is 7.05 Å². The van der Waals surface area contributed by atoms with E-state index in [1.807, 2.05) is 37.5 Å². The Balaban J connectivity index is 2.07. The second-order valence-corrected chi connectivity index (χ2v) is 4.22. The Labute approximate surface area is 109 Å². The van der Waals surface area contributed by atoms with Crippen molar-refractivity contribution >= 4 is 22.7 Å². The molecule has 92 valence electrons. The summed E-state index contributed by atoms with van der Waals surface area (Å²) < 4.78 is 1.69. The predicted molar refractivity (Wildman–Crippen MR) is 72.8 cm³/mol. The molecule has 19 heavy (non-hydrogen) atoms. The number of hydrogen-bond acceptors (Lipinski definition) is 3. The van der Waals surface area contributed by atoms with Crippen molar-refractivity contribution in [2.75, 3.05) is 0 Å². The summed E-state index contributed by atoms with van der Waals surface area (Å²) in [6.45, 7) is 0. The maximum absolute atomic E-state index is 9.27. The van der Waals surface area contributed by atoms with E-state index in [1.54, 1.807) is 17.0 Å². The predicted octanol–water partition coefficient (Wildman–Crippen LogP) is 2.36. The van der Waals surface area contributed by atoms with E-state index in [0.717, 1.165) is 16.6 Å². The molecule has 3 aromatic rings. The number of nitriles is 1. The zero-order valence-corrected chi connectivity index (χ0v) is 10.3. The highest BCUT2D eigenvalue weighted by Crippen LogP contribution is 2.18. The summed E-state index contributed by atoms with van der Waals surface area (Å²) in [5.74, 6) is 0.576. The average Bonchev–Trinajstić information content (AvgIpc) is 3.01. The Morgan fingerprint density at radius 3 is 2.95 bits per heavy atom. The molecule has 5 heteroatoms. The fourth-order valence-electron chi connectivity index (χ4n) is 1.92. The normalized spacial score (nSPS) is 11.7. The number of para-hydroxylation sites is 2. The standard InChI is InChI=1S/C14H11N5/c1-19-9-10(8-16-19)6-11(7-15)14-17-12-4-2-3-5-13(12)18-14/h2-6,8-9H,1H3,(H,17,18)/b11-6+. The van der Waals surface area contributed by atoms with Crippen LogP contribution in [0, 0.1) is 11.3 Å². The molecule has 0 aliphatic heterocycles. The van der Waals surface area contributed by atoms with Gasteiger partial charge in [0.15, 0.2) is 0 Å². The Morgan fingerprint density at radius 1 is 1.42 bits per heavy atom. The van der Waals surface area contributed by atoms with Gasteiger partial charge in [-0.3, -0.25) is 4.68 Å². The molecular weight excluding hydrogens is 238 g/mol. The number of aryl methyl sites for hydroxylation is 1. The fourth-order valence-corrected chi connectivity index (χ4v) is 1.92. The Morgan fingerprint density at radius 2 is 2.26 bits per heavy atom. The monoisotopic (exact) mass is 249 g/mol. The van der Waals surface area contributed by atoms with Crippen molar-refractivity contribution in [3.05, 3.63) is 48.0 Å². The largest absolute Gasteiger partial charge is 0.337 e. The van der Waals surface area contributed by atoms with E-state index in [2.05, 4.69) is 21.1 Å². The molecule has 0 unspecified atom stereocenters. The van der Waals surface area contributed by atoms with Crippen LogP contribution in [0.1, 0.15) is 11.4 Å². The van der Waals surface area contributed by atoms with E-state index >= 15 is 0 Å². The first kappa shape index (κ1) is 11.2. The number of hydrogen-bond donors (Lipinski definition) is 1. The molecule has 0 saturated heterocycles. The molecule has 1 N–H and O–H groups in total. The van der Waals surface area contributed by atoms with Crippen LogP contribution in [-0.4, -0.2) is 19.7 Å². The summed E-state index contributed by atoms with van der Waals surface area (Å²) in [5, 5.41) is 13.3. The molecule has 0 atom stereocenters. The van der Waals surface area contributed by atoms with Crippen LogP contribution in [0.3, 0.4) is 0 Å². The minimum Gasteiger partial charge on any atom is -0.337 e. The minimum absolute atomic E-state index is 0.490. The molecule has 5 nitrogen and oxygen atoms in total. The van der Waals surface area contributed by atoms with Gasteiger partial charge in [0.05, 0.1) is 22.8 Å². The molecule has 0 fully saturated rings. The lowest BCUT2D eigenvalue weighted by Crippen LogP contribution is -1.85. The highest BCUT2D eigenvalue weighted by Gasteiger charge is 2.07. The maximum atomic E-state index is 9.27. The molecule has 0 radical (unpaired) electrons. The van der Waals surface area contributed by atoms with Gasteiger partial charge < -0.3 is 4.98 Å². The molecule has 1 aromatic carbocycles. The van der Waals surface area contributed by atoms with Gasteiger partial charge in [-0.1, -0.05) is 12.1 Å². The van der Waals surface area contributed by atoms with Gasteiger partial charge in [0, 0.05) is 18.8 Å². The average molecular weight is 249 g/mol. The molecule has 0 aliphatic rings. The highest BCUT2D eigenvalue weighted by molar-refractivity contribution is 5.90. The number of aromatic amines is 1. The Kier molecular flexibility index (Phi) is 2.62. The zero-order valence-electron chi connectivity index (χ0n) is 10.3. The molecule has 0 spiro atoms. The van der Waals surface area contributed by atoms with Crippen LogP contribution >= 0.6 is 0 Å². The van der Waals surface area contributed by atoms with Gasteiger partial charge in [0.2, 0.25) is 0 Å². The third kappa shape index (κ3) is 2.11. The van der Waals surface area contributed by atoms with Gasteiger partial charge in [-0.15, -0.1) is 0 Å². The summed E-state index contributed by atoms with van der Waals surface area (Å²) >= 11 is 0. The number of aromatic nitrogens is 4. The van der Waals surface area contributed by atoms with E-state index in [-0.39, 0.29) is 0 Å². The zero-order chi connectivity index (χ0) is 13.2. The van der Waals surface area contributed by atoms with Crippen LogP contribution in [0.25, 0.3) is 22.7 Å². The number of nitrogens with zero attached hydrogens (tertiary/aromatic N) is 4. The lowest BCUT2D eigenvalue weighted by atomic mass is 10.2. The van der Waals surface area contributed by atoms with Crippen LogP contribution in [0.2, 0.25) is 0 Å². The van der Waals surface area contributed by atoms with Crippen molar-refractivity contribution in [2.45, 2.75) is 0 Å². The van der Waals surface area contributed by atoms with E-state index in [9.17, 15) is 5.26 Å². The lowest BCUT2D eigenvalue weighted by Gasteiger charge is -1.91. The molecule has 0 amide bonds. The lowest BCUT2D eigenvalue weighted by molar-refractivity contribution is 0.767. The summed E-state index contributed by atoms with van der Waals surface area (Å²) in [7, 11) is 1.84. The smallest absolute Gasteiger partial charge is 0.149 e. The third-order valence-electron chi connectivity index (χ3n) is 2.80. The van der Waals surface area contributed by atoms with Crippen molar-refractivity contribution < 1.29 is 0 Å². The fraction of sp³-hybridized carbons (Fsp3) is 0.0714. The summed E-state index contributed by atoms with van der Waals surface area (Å²) in [4.78, 5) is 7.56. The maximum Gasteiger partial charge on any atom is 0.149 e. The minimum atomic E-state index is 0.490. The Hall–Kier alpha value is -2.87. The summed E-state index contributed by atoms with van der Waals surface area (Å²) in [6, 6.07) is 9.87. The molecule has 3 rings (SSSR count). The van der Waals surface area contributed by atoms with E-state index in [0.29, 0.717) is 11.4 Å². The summed E-state index contributed by atoms with van der Waals surface area (Å²) in [5.41, 5.74) is 3.14. The number of H-pyrrole nitrogens is 1. The summed E-state index contributed by atoms with van der Waals surface area (Å²) in [6.07, 6.45) is 5.32. The molecule has 2 aromatic heterocycles. The second kappa shape index (κ2) is 4.42. The topological polar surface area (TPSA) is 70.3 Å². The van der Waals surface area contributed by atoms with Crippen LogP contribution in [0.4, 0.5) is 0 Å². The first-order valence-electron chi connectivity index (χ1n) is 5.82. The SMILES string of the molecule is Cn1cc(/C=C(\C#N)c2nc3ccccc3[nH]2)cn1. The Bertz CT molecular complexity index is 767. The van der Waals surface area contributed by atoms with Gasteiger partial charge in [-0.05, 0) is 18.2 Å². The van der Waals surface area contributed by atoms with Crippen molar-refractivity contribution in [1.82, 2.24) is 19.7 Å². The van der Waals surface area contributed by atoms with Crippen LogP contribution < -0.4 is 0 Å². The van der Waals surface area contributed by atoms with Crippen molar-refractivity contribution in [3.63, 3.8) is 0 Å². The van der Waals surface area contributed by atoms with Gasteiger partial charge in [0.25, 0.3) is 0 Å². The molecular formula is C14H11N5. The number of benzene rings is 1. The van der Waals surface area contributed by atoms with Gasteiger partial charge in [-0.25, -0.2) is 4.98 Å². The number of fused-ring (bicyclic) bond motifs is 1. The van der Waals surface area contributed by atoms with Crippen molar-refractivity contribution in [1.29, 1.82) is 5.26 Å². The number of nitrogens with one attached hydrogen (secondary N) is 1. The first-order chi connectivity index (χ1) is 9.26. The number of allylic oxidation sites excluding steroid dienone is 1. The van der Waals surface area contributed by atoms with Crippen molar-refractivity contribution in [3.8, 4) is 6.07 Å². The van der Waals surface area contributed by atoms with E-state index < -0.39 is 0 Å². The molecule has 0 aliphatic carbocycles. The van der Waals surface area contributed by atoms with Crippen LogP contribution in [0.15, 0.2) is 36.7 Å².